The lowest BCUT2D eigenvalue weighted by Crippen LogP contribution is -2.63. The van der Waals surface area contributed by atoms with Crippen LogP contribution >= 0.6 is 0 Å². The van der Waals surface area contributed by atoms with Gasteiger partial charge in [-0.15, -0.1) is 0 Å². The number of hydrogen-bond donors (Lipinski definition) is 3. The Morgan fingerprint density at radius 1 is 0.873 bits per heavy atom. The molecular formula is C38H52F2N6O9. The third-order valence-electron chi connectivity index (χ3n) is 10.4. The number of ether oxygens (including phenoxy) is 2. The molecule has 8 atom stereocenters. The van der Waals surface area contributed by atoms with E-state index in [0.29, 0.717) is 31.7 Å². The zero-order valence-electron chi connectivity index (χ0n) is 32.2. The SMILES string of the molecule is C[C@H]1C[C@H]2C(=O)O[C@@H](C)[C@H](NC(=O)[C@H](Cc3cc(F)cc(F)c3)NC(=O)OC(C)(C)C)C(=O)N3CCC[C@H]3C(=O)N3CCCC[C@H]3C(=O)N[C@@H](C)C(=O)N2C1. The molecule has 0 unspecified atom stereocenters. The smallest absolute Gasteiger partial charge is 0.408 e. The molecule has 55 heavy (non-hydrogen) atoms. The van der Waals surface area contributed by atoms with E-state index in [1.165, 1.54) is 28.5 Å². The first-order chi connectivity index (χ1) is 25.8. The molecule has 302 valence electrons. The van der Waals surface area contributed by atoms with E-state index in [1.54, 1.807) is 20.8 Å². The molecule has 17 heteroatoms. The van der Waals surface area contributed by atoms with Gasteiger partial charge in [-0.05, 0) is 96.8 Å². The van der Waals surface area contributed by atoms with Gasteiger partial charge in [0.2, 0.25) is 29.5 Å². The molecule has 1 aromatic rings. The number of nitrogens with one attached hydrogen (secondary N) is 3. The van der Waals surface area contributed by atoms with Crippen LogP contribution in [0.1, 0.15) is 85.6 Å². The summed E-state index contributed by atoms with van der Waals surface area (Å²) < 4.78 is 39.6. The Bertz CT molecular complexity index is 1670. The number of halogens is 2. The van der Waals surface area contributed by atoms with Gasteiger partial charge in [0.15, 0.2) is 0 Å². The minimum atomic E-state index is -1.62. The van der Waals surface area contributed by atoms with Gasteiger partial charge >= 0.3 is 12.1 Å². The quantitative estimate of drug-likeness (QED) is 0.377. The van der Waals surface area contributed by atoms with E-state index in [-0.39, 0.29) is 44.0 Å². The van der Waals surface area contributed by atoms with Gasteiger partial charge in [0.05, 0.1) is 0 Å². The van der Waals surface area contributed by atoms with Crippen LogP contribution in [0.2, 0.25) is 0 Å². The Hall–Kier alpha value is -4.83. The molecule has 0 saturated carbocycles. The number of fused-ring (bicyclic) bond motifs is 3. The normalized spacial score (nSPS) is 28.8. The van der Waals surface area contributed by atoms with E-state index < -0.39 is 108 Å². The molecule has 0 aromatic heterocycles. The van der Waals surface area contributed by atoms with Crippen molar-refractivity contribution >= 4 is 41.6 Å². The lowest BCUT2D eigenvalue weighted by atomic mass is 9.99. The van der Waals surface area contributed by atoms with Crippen LogP contribution < -0.4 is 16.0 Å². The van der Waals surface area contributed by atoms with Gasteiger partial charge < -0.3 is 40.1 Å². The highest BCUT2D eigenvalue weighted by Gasteiger charge is 2.47. The van der Waals surface area contributed by atoms with Crippen molar-refractivity contribution in [2.75, 3.05) is 19.6 Å². The molecule has 4 heterocycles. The van der Waals surface area contributed by atoms with E-state index in [0.717, 1.165) is 12.1 Å². The number of piperidine rings is 1. The molecule has 1 aromatic carbocycles. The molecule has 4 aliphatic rings. The molecule has 4 aliphatic heterocycles. The third-order valence-corrected chi connectivity index (χ3v) is 10.4. The first kappa shape index (κ1) is 41.3. The number of carbonyl (C=O) groups is 7. The summed E-state index contributed by atoms with van der Waals surface area (Å²) in [4.78, 5) is 101. The van der Waals surface area contributed by atoms with Gasteiger partial charge in [-0.3, -0.25) is 24.0 Å². The number of rotatable bonds is 5. The Morgan fingerprint density at radius 2 is 1.51 bits per heavy atom. The van der Waals surface area contributed by atoms with Crippen molar-refractivity contribution in [2.45, 2.75) is 134 Å². The highest BCUT2D eigenvalue weighted by Crippen LogP contribution is 2.29. The average molecular weight is 775 g/mol. The van der Waals surface area contributed by atoms with E-state index >= 15 is 0 Å². The molecule has 0 radical (unpaired) electrons. The fourth-order valence-corrected chi connectivity index (χ4v) is 7.85. The summed E-state index contributed by atoms with van der Waals surface area (Å²) in [5, 5.41) is 7.78. The second-order valence-electron chi connectivity index (χ2n) is 16.1. The number of hydrogen-bond acceptors (Lipinski definition) is 9. The largest absolute Gasteiger partial charge is 0.458 e. The van der Waals surface area contributed by atoms with Crippen LogP contribution in [0.5, 0.6) is 0 Å². The van der Waals surface area contributed by atoms with Crippen molar-refractivity contribution in [1.29, 1.82) is 0 Å². The average Bonchev–Trinajstić information content (AvgIpc) is 3.75. The molecule has 5 rings (SSSR count). The second-order valence-corrected chi connectivity index (χ2v) is 16.1. The monoisotopic (exact) mass is 774 g/mol. The number of nitrogens with zero attached hydrogens (tertiary/aromatic N) is 3. The zero-order chi connectivity index (χ0) is 40.4. The maximum absolute atomic E-state index is 14.6. The first-order valence-corrected chi connectivity index (χ1v) is 19.0. The standard InChI is InChI=1S/C38H52F2N6O9/c1-20-14-29-36(52)54-22(3)30(43-31(47)26(42-37(53)55-38(4,5)6)17-23-15-24(39)18-25(40)16-23)35(51)45-13-9-11-28(45)34(50)44-12-8-7-10-27(44)32(48)41-21(2)33(49)46(29)19-20/h15-16,18,20-22,26-30H,7-14,17,19H2,1-6H3,(H,41,48)(H,42,53)(H,43,47)/t20-,21-,22-,26-,27-,28-,29-,30-/m0/s1. The molecule has 4 fully saturated rings. The summed E-state index contributed by atoms with van der Waals surface area (Å²) in [6, 6.07) is -4.49. The van der Waals surface area contributed by atoms with Crippen LogP contribution in [0.25, 0.3) is 0 Å². The molecular weight excluding hydrogens is 722 g/mol. The third kappa shape index (κ3) is 9.89. The summed E-state index contributed by atoms with van der Waals surface area (Å²) in [6.07, 6.45) is -0.222. The predicted molar refractivity (Wildman–Crippen MR) is 192 cm³/mol. The minimum Gasteiger partial charge on any atom is -0.458 e. The van der Waals surface area contributed by atoms with Crippen molar-refractivity contribution in [3.8, 4) is 0 Å². The fourth-order valence-electron chi connectivity index (χ4n) is 7.85. The summed E-state index contributed by atoms with van der Waals surface area (Å²) in [5.74, 6) is -5.99. The minimum absolute atomic E-state index is 0.0113. The number of benzene rings is 1. The zero-order valence-corrected chi connectivity index (χ0v) is 32.2. The van der Waals surface area contributed by atoms with Crippen molar-refractivity contribution in [3.63, 3.8) is 0 Å². The highest BCUT2D eigenvalue weighted by atomic mass is 19.1. The van der Waals surface area contributed by atoms with Gasteiger partial charge in [0.25, 0.3) is 0 Å². The number of esters is 1. The van der Waals surface area contributed by atoms with Crippen molar-refractivity contribution in [2.24, 2.45) is 5.92 Å². The highest BCUT2D eigenvalue weighted by molar-refractivity contribution is 5.98. The maximum Gasteiger partial charge on any atom is 0.408 e. The van der Waals surface area contributed by atoms with Crippen LogP contribution in [0.4, 0.5) is 13.6 Å². The molecule has 4 saturated heterocycles. The number of carbonyl (C=O) groups excluding carboxylic acids is 7. The molecule has 6 amide bonds. The second kappa shape index (κ2) is 16.9. The molecule has 0 spiro atoms. The van der Waals surface area contributed by atoms with E-state index in [1.807, 2.05) is 6.92 Å². The lowest BCUT2D eigenvalue weighted by Gasteiger charge is -2.39. The molecule has 3 N–H and O–H groups in total. The van der Waals surface area contributed by atoms with Crippen LogP contribution in [0.15, 0.2) is 18.2 Å². The van der Waals surface area contributed by atoms with Crippen molar-refractivity contribution < 1.29 is 51.8 Å². The van der Waals surface area contributed by atoms with E-state index in [9.17, 15) is 42.3 Å². The summed E-state index contributed by atoms with van der Waals surface area (Å²) in [7, 11) is 0. The number of cyclic esters (lactones) is 1. The van der Waals surface area contributed by atoms with Gasteiger partial charge in [-0.1, -0.05) is 6.92 Å². The topological polar surface area (TPSA) is 184 Å². The number of alkyl carbamates (subject to hydrolysis) is 1. The predicted octanol–water partition coefficient (Wildman–Crippen LogP) is 1.94. The van der Waals surface area contributed by atoms with Crippen LogP contribution in [-0.2, 0) is 44.7 Å². The van der Waals surface area contributed by atoms with Gasteiger partial charge in [0, 0.05) is 32.1 Å². The number of amides is 6. The van der Waals surface area contributed by atoms with Crippen LogP contribution in [0, 0.1) is 17.6 Å². The lowest BCUT2D eigenvalue weighted by molar-refractivity contribution is -0.163. The molecule has 0 bridgehead atoms. The fraction of sp³-hybridized carbons (Fsp3) is 0.658. The summed E-state index contributed by atoms with van der Waals surface area (Å²) in [6.45, 7) is 10.2. The Balaban J connectivity index is 1.51. The summed E-state index contributed by atoms with van der Waals surface area (Å²) in [5.41, 5.74) is -0.967. The van der Waals surface area contributed by atoms with E-state index in [2.05, 4.69) is 16.0 Å². The maximum atomic E-state index is 14.6. The van der Waals surface area contributed by atoms with Gasteiger partial charge in [0.1, 0.15) is 59.6 Å². The first-order valence-electron chi connectivity index (χ1n) is 19.0. The summed E-state index contributed by atoms with van der Waals surface area (Å²) >= 11 is 0. The van der Waals surface area contributed by atoms with Gasteiger partial charge in [-0.2, -0.15) is 0 Å². The Morgan fingerprint density at radius 3 is 2.18 bits per heavy atom. The Kier molecular flexibility index (Phi) is 12.7. The van der Waals surface area contributed by atoms with Crippen LogP contribution in [0.3, 0.4) is 0 Å². The van der Waals surface area contributed by atoms with Crippen LogP contribution in [-0.4, -0.2) is 124 Å². The van der Waals surface area contributed by atoms with E-state index in [4.69, 9.17) is 9.47 Å². The molecule has 0 aliphatic carbocycles. The van der Waals surface area contributed by atoms with Gasteiger partial charge in [-0.25, -0.2) is 18.4 Å². The Labute approximate surface area is 319 Å². The molecule has 15 nitrogen and oxygen atoms in total. The van der Waals surface area contributed by atoms with Crippen molar-refractivity contribution in [3.05, 3.63) is 35.4 Å². The van der Waals surface area contributed by atoms with Crippen molar-refractivity contribution in [1.82, 2.24) is 30.7 Å².